The van der Waals surface area contributed by atoms with E-state index in [1.54, 1.807) is 17.8 Å². The van der Waals surface area contributed by atoms with Gasteiger partial charge in [-0.05, 0) is 37.1 Å². The molecule has 0 aliphatic heterocycles. The Morgan fingerprint density at radius 3 is 2.95 bits per heavy atom. The fraction of sp³-hybridized carbons (Fsp3) is 0.267. The van der Waals surface area contributed by atoms with E-state index in [0.29, 0.717) is 11.5 Å². The molecule has 0 saturated carbocycles. The molecule has 5 heteroatoms. The second kappa shape index (κ2) is 7.36. The third-order valence-electron chi connectivity index (χ3n) is 2.60. The summed E-state index contributed by atoms with van der Waals surface area (Å²) in [5.74, 6) is 0.963. The van der Waals surface area contributed by atoms with E-state index in [2.05, 4.69) is 0 Å². The average Bonchev–Trinajstić information content (AvgIpc) is 2.87. The molecule has 0 spiro atoms. The number of hydrogen-bond acceptors (Lipinski definition) is 4. The van der Waals surface area contributed by atoms with E-state index < -0.39 is 5.97 Å². The van der Waals surface area contributed by atoms with Crippen LogP contribution in [0.25, 0.3) is 0 Å². The zero-order chi connectivity index (χ0) is 14.4. The maximum absolute atomic E-state index is 10.8. The quantitative estimate of drug-likeness (QED) is 0.611. The van der Waals surface area contributed by atoms with Crippen LogP contribution in [0.1, 0.15) is 21.7 Å². The number of carboxylic acid groups (broad SMARTS) is 1. The Bertz CT molecular complexity index is 578. The second-order valence-electron chi connectivity index (χ2n) is 4.32. The second-order valence-corrected chi connectivity index (χ2v) is 6.40. The summed E-state index contributed by atoms with van der Waals surface area (Å²) in [6.45, 7) is 2.71. The lowest BCUT2D eigenvalue weighted by Crippen LogP contribution is -1.98. The van der Waals surface area contributed by atoms with Crippen molar-refractivity contribution in [2.24, 2.45) is 0 Å². The molecule has 0 aliphatic rings. The van der Waals surface area contributed by atoms with Gasteiger partial charge in [0.2, 0.25) is 0 Å². The molecule has 1 aromatic heterocycles. The Morgan fingerprint density at radius 1 is 1.40 bits per heavy atom. The number of ether oxygens (including phenoxy) is 1. The molecule has 1 N–H and O–H groups in total. The highest BCUT2D eigenvalue weighted by Crippen LogP contribution is 2.25. The zero-order valence-corrected chi connectivity index (χ0v) is 12.8. The van der Waals surface area contributed by atoms with Crippen molar-refractivity contribution >= 4 is 29.1 Å². The lowest BCUT2D eigenvalue weighted by molar-refractivity contribution is 0.0702. The summed E-state index contributed by atoms with van der Waals surface area (Å²) in [5.41, 5.74) is 1.19. The van der Waals surface area contributed by atoms with E-state index in [0.717, 1.165) is 22.8 Å². The van der Waals surface area contributed by atoms with E-state index in [-0.39, 0.29) is 0 Å². The van der Waals surface area contributed by atoms with Gasteiger partial charge in [0.15, 0.2) is 0 Å². The van der Waals surface area contributed by atoms with Gasteiger partial charge in [-0.3, -0.25) is 0 Å². The molecule has 106 valence electrons. The number of aryl methyl sites for hydroxylation is 1. The lowest BCUT2D eigenvalue weighted by atomic mass is 10.2. The highest BCUT2D eigenvalue weighted by molar-refractivity contribution is 7.99. The topological polar surface area (TPSA) is 46.5 Å². The molecule has 0 bridgehead atoms. The molecule has 0 aliphatic carbocycles. The zero-order valence-electron chi connectivity index (χ0n) is 11.2. The number of hydrogen-bond donors (Lipinski definition) is 1. The summed E-state index contributed by atoms with van der Waals surface area (Å²) >= 11 is 2.93. The van der Waals surface area contributed by atoms with Crippen molar-refractivity contribution in [1.82, 2.24) is 0 Å². The Balaban J connectivity index is 1.67. The number of aromatic carboxylic acids is 1. The molecule has 20 heavy (non-hydrogen) atoms. The van der Waals surface area contributed by atoms with Gasteiger partial charge >= 0.3 is 5.97 Å². The van der Waals surface area contributed by atoms with Crippen LogP contribution in [0.2, 0.25) is 0 Å². The summed E-state index contributed by atoms with van der Waals surface area (Å²) in [5, 5.41) is 10.7. The van der Waals surface area contributed by atoms with Crippen molar-refractivity contribution in [3.05, 3.63) is 46.2 Å². The Morgan fingerprint density at radius 2 is 2.25 bits per heavy atom. The Hall–Kier alpha value is -1.46. The van der Waals surface area contributed by atoms with Crippen molar-refractivity contribution in [3.8, 4) is 5.75 Å². The maximum Gasteiger partial charge on any atom is 0.345 e. The molecule has 0 radical (unpaired) electrons. The van der Waals surface area contributed by atoms with Gasteiger partial charge in [0.1, 0.15) is 10.6 Å². The van der Waals surface area contributed by atoms with E-state index in [9.17, 15) is 4.79 Å². The molecule has 3 nitrogen and oxygen atoms in total. The number of rotatable bonds is 7. The number of carbonyl (C=O) groups is 1. The standard InChI is InChI=1S/C15H16O3S2/c1-11-4-2-5-12(8-11)18-6-3-7-19-13-9-14(15(16)17)20-10-13/h2,4-5,8-10H,3,6-7H2,1H3,(H,16,17). The monoisotopic (exact) mass is 308 g/mol. The van der Waals surface area contributed by atoms with Crippen LogP contribution >= 0.6 is 23.1 Å². The van der Waals surface area contributed by atoms with Crippen LogP contribution in [0.3, 0.4) is 0 Å². The van der Waals surface area contributed by atoms with Gasteiger partial charge in [-0.1, -0.05) is 12.1 Å². The van der Waals surface area contributed by atoms with Crippen LogP contribution in [0.4, 0.5) is 0 Å². The van der Waals surface area contributed by atoms with Crippen molar-refractivity contribution in [2.75, 3.05) is 12.4 Å². The summed E-state index contributed by atoms with van der Waals surface area (Å²) in [6, 6.07) is 9.72. The predicted molar refractivity (Wildman–Crippen MR) is 83.3 cm³/mol. The normalized spacial score (nSPS) is 10.4. The molecule has 2 rings (SSSR count). The first-order valence-corrected chi connectivity index (χ1v) is 8.16. The number of carboxylic acids is 1. The first-order chi connectivity index (χ1) is 9.65. The fourth-order valence-corrected chi connectivity index (χ4v) is 3.45. The van der Waals surface area contributed by atoms with Gasteiger partial charge in [0.05, 0.1) is 6.61 Å². The van der Waals surface area contributed by atoms with E-state index in [1.807, 2.05) is 36.6 Å². The number of thioether (sulfide) groups is 1. The van der Waals surface area contributed by atoms with Crippen LogP contribution < -0.4 is 4.74 Å². The first-order valence-electron chi connectivity index (χ1n) is 6.29. The van der Waals surface area contributed by atoms with Gasteiger partial charge in [-0.2, -0.15) is 0 Å². The molecule has 1 heterocycles. The molecular formula is C15H16O3S2. The largest absolute Gasteiger partial charge is 0.494 e. The Labute approximate surface area is 126 Å². The van der Waals surface area contributed by atoms with Crippen LogP contribution in [0.15, 0.2) is 40.6 Å². The molecule has 0 atom stereocenters. The average molecular weight is 308 g/mol. The smallest absolute Gasteiger partial charge is 0.345 e. The Kier molecular flexibility index (Phi) is 5.49. The molecule has 0 unspecified atom stereocenters. The van der Waals surface area contributed by atoms with Crippen LogP contribution in [-0.2, 0) is 0 Å². The molecule has 0 saturated heterocycles. The van der Waals surface area contributed by atoms with Crippen LogP contribution in [-0.4, -0.2) is 23.4 Å². The summed E-state index contributed by atoms with van der Waals surface area (Å²) in [6.07, 6.45) is 0.927. The van der Waals surface area contributed by atoms with Crippen molar-refractivity contribution in [1.29, 1.82) is 0 Å². The van der Waals surface area contributed by atoms with Crippen LogP contribution in [0, 0.1) is 6.92 Å². The van der Waals surface area contributed by atoms with Gasteiger partial charge in [-0.15, -0.1) is 23.1 Å². The summed E-state index contributed by atoms with van der Waals surface area (Å²) in [7, 11) is 0. The fourth-order valence-electron chi connectivity index (χ4n) is 1.65. The SMILES string of the molecule is Cc1cccc(OCCCSc2csc(C(=O)O)c2)c1. The van der Waals surface area contributed by atoms with E-state index in [4.69, 9.17) is 9.84 Å². The minimum atomic E-state index is -0.857. The lowest BCUT2D eigenvalue weighted by Gasteiger charge is -2.06. The first kappa shape index (κ1) is 14.9. The molecule has 1 aromatic carbocycles. The molecule has 2 aromatic rings. The van der Waals surface area contributed by atoms with Crippen molar-refractivity contribution in [2.45, 2.75) is 18.2 Å². The predicted octanol–water partition coefficient (Wildman–Crippen LogP) is 4.32. The van der Waals surface area contributed by atoms with Gasteiger partial charge in [0, 0.05) is 16.0 Å². The molecular weight excluding hydrogens is 292 g/mol. The summed E-state index contributed by atoms with van der Waals surface area (Å²) in [4.78, 5) is 12.2. The van der Waals surface area contributed by atoms with Crippen molar-refractivity contribution < 1.29 is 14.6 Å². The highest BCUT2D eigenvalue weighted by Gasteiger charge is 2.06. The van der Waals surface area contributed by atoms with Crippen molar-refractivity contribution in [3.63, 3.8) is 0 Å². The number of benzene rings is 1. The third-order valence-corrected chi connectivity index (χ3v) is 4.73. The molecule has 0 amide bonds. The minimum absolute atomic E-state index is 0.392. The van der Waals surface area contributed by atoms with Gasteiger partial charge in [-0.25, -0.2) is 4.79 Å². The third kappa shape index (κ3) is 4.58. The van der Waals surface area contributed by atoms with E-state index >= 15 is 0 Å². The molecule has 0 fully saturated rings. The van der Waals surface area contributed by atoms with Crippen LogP contribution in [0.5, 0.6) is 5.75 Å². The van der Waals surface area contributed by atoms with Gasteiger partial charge in [0.25, 0.3) is 0 Å². The van der Waals surface area contributed by atoms with Gasteiger partial charge < -0.3 is 9.84 Å². The number of thiophene rings is 1. The minimum Gasteiger partial charge on any atom is -0.494 e. The summed E-state index contributed by atoms with van der Waals surface area (Å²) < 4.78 is 5.66. The highest BCUT2D eigenvalue weighted by atomic mass is 32.2. The maximum atomic E-state index is 10.8. The van der Waals surface area contributed by atoms with E-state index in [1.165, 1.54) is 16.9 Å².